The third kappa shape index (κ3) is 9.77. The smallest absolute Gasteiger partial charge is 0.328 e. The van der Waals surface area contributed by atoms with Crippen molar-refractivity contribution in [3.8, 4) is 5.75 Å². The number of hydrogen-bond donors (Lipinski definition) is 4. The van der Waals surface area contributed by atoms with E-state index in [4.69, 9.17) is 20.9 Å². The van der Waals surface area contributed by atoms with Crippen molar-refractivity contribution < 1.29 is 28.7 Å². The van der Waals surface area contributed by atoms with Gasteiger partial charge in [0.1, 0.15) is 18.4 Å². The fourth-order valence-electron chi connectivity index (χ4n) is 3.80. The van der Waals surface area contributed by atoms with E-state index in [0.29, 0.717) is 18.6 Å². The Morgan fingerprint density at radius 2 is 1.89 bits per heavy atom. The second-order valence-corrected chi connectivity index (χ2v) is 8.52. The molecule has 1 aromatic carbocycles. The number of rotatable bonds is 6. The fraction of sp³-hybridized carbons (Fsp3) is 0.480. The van der Waals surface area contributed by atoms with Crippen molar-refractivity contribution in [3.63, 3.8) is 0 Å². The lowest BCUT2D eigenvalue weighted by Gasteiger charge is -2.23. The zero-order valence-electron chi connectivity index (χ0n) is 20.7. The number of Topliss-reactive ketones (excluding diaryl/α,β-unsaturated/α-hetero) is 1. The monoisotopic (exact) mass is 501 g/mol. The summed E-state index contributed by atoms with van der Waals surface area (Å²) < 4.78 is 10.5. The summed E-state index contributed by atoms with van der Waals surface area (Å²) in [6.45, 7) is 1.88. The van der Waals surface area contributed by atoms with Gasteiger partial charge >= 0.3 is 5.97 Å². The molecular formula is C25H35N5O6. The van der Waals surface area contributed by atoms with Crippen molar-refractivity contribution in [1.82, 2.24) is 10.6 Å². The maximum atomic E-state index is 13.3. The summed E-state index contributed by atoms with van der Waals surface area (Å²) in [4.78, 5) is 54.5. The normalized spacial score (nSPS) is 21.9. The molecule has 0 aliphatic carbocycles. The number of carbonyl (C=O) groups is 4. The van der Waals surface area contributed by atoms with Crippen LogP contribution in [0.3, 0.4) is 0 Å². The van der Waals surface area contributed by atoms with Gasteiger partial charge in [0, 0.05) is 25.8 Å². The van der Waals surface area contributed by atoms with Crippen LogP contribution in [0.5, 0.6) is 5.75 Å². The van der Waals surface area contributed by atoms with E-state index in [1.807, 2.05) is 12.1 Å². The van der Waals surface area contributed by atoms with Crippen molar-refractivity contribution in [2.24, 2.45) is 22.4 Å². The van der Waals surface area contributed by atoms with Gasteiger partial charge in [-0.05, 0) is 43.4 Å². The molecule has 3 atom stereocenters. The van der Waals surface area contributed by atoms with Gasteiger partial charge in [0.25, 0.3) is 0 Å². The van der Waals surface area contributed by atoms with Crippen LogP contribution in [-0.4, -0.2) is 61.9 Å². The minimum absolute atomic E-state index is 0.0669. The van der Waals surface area contributed by atoms with Gasteiger partial charge in [-0.2, -0.15) is 0 Å². The highest BCUT2D eigenvalue weighted by Crippen LogP contribution is 2.18. The first-order valence-corrected chi connectivity index (χ1v) is 11.8. The van der Waals surface area contributed by atoms with E-state index in [9.17, 15) is 19.2 Å². The molecule has 11 heteroatoms. The predicted octanol–water partition coefficient (Wildman–Crippen LogP) is 0.359. The molecule has 0 radical (unpaired) electrons. The van der Waals surface area contributed by atoms with Crippen molar-refractivity contribution in [2.75, 3.05) is 20.3 Å². The quantitative estimate of drug-likeness (QED) is 0.142. The van der Waals surface area contributed by atoms with Crippen LogP contribution >= 0.6 is 0 Å². The summed E-state index contributed by atoms with van der Waals surface area (Å²) in [5.74, 6) is -1.93. The van der Waals surface area contributed by atoms with E-state index in [0.717, 1.165) is 5.56 Å². The number of guanidine groups is 1. The molecule has 0 spiro atoms. The Morgan fingerprint density at radius 1 is 1.17 bits per heavy atom. The van der Waals surface area contributed by atoms with Crippen molar-refractivity contribution >= 4 is 29.5 Å². The molecule has 0 fully saturated rings. The summed E-state index contributed by atoms with van der Waals surface area (Å²) >= 11 is 0. The standard InChI is InChI=1S/C25H35N5O6/c1-16(31)29-21-14-17-8-10-19(11-9-17)36-13-4-3-7-20(24(34)35-2)30-23(33)18(15-22(21)32)6-5-12-28-25(26)27/h3-4,8-11,18,20-21H,5-7,12-15H2,1-2H3,(H,29,31)(H,30,33)(H4,26,27,28)/b4-3-/t18-,20-,21+/m1/s1. The van der Waals surface area contributed by atoms with E-state index >= 15 is 0 Å². The Labute approximate surface area is 210 Å². The van der Waals surface area contributed by atoms with Crippen LogP contribution in [0.2, 0.25) is 0 Å². The lowest BCUT2D eigenvalue weighted by atomic mass is 9.90. The maximum Gasteiger partial charge on any atom is 0.328 e. The first-order chi connectivity index (χ1) is 17.2. The Morgan fingerprint density at radius 3 is 2.53 bits per heavy atom. The molecule has 2 aliphatic heterocycles. The van der Waals surface area contributed by atoms with E-state index < -0.39 is 29.9 Å². The fourth-order valence-corrected chi connectivity index (χ4v) is 3.80. The van der Waals surface area contributed by atoms with Crippen molar-refractivity contribution in [1.29, 1.82) is 0 Å². The van der Waals surface area contributed by atoms with E-state index in [1.54, 1.807) is 24.3 Å². The Kier molecular flexibility index (Phi) is 11.4. The highest BCUT2D eigenvalue weighted by atomic mass is 16.5. The third-order valence-electron chi connectivity index (χ3n) is 5.64. The van der Waals surface area contributed by atoms with Gasteiger partial charge in [0.05, 0.1) is 13.2 Å². The first kappa shape index (κ1) is 28.3. The summed E-state index contributed by atoms with van der Waals surface area (Å²) in [7, 11) is 1.24. The first-order valence-electron chi connectivity index (χ1n) is 11.8. The van der Waals surface area contributed by atoms with Gasteiger partial charge in [-0.15, -0.1) is 0 Å². The molecule has 36 heavy (non-hydrogen) atoms. The number of aliphatic imine (C=N–C) groups is 1. The molecule has 2 bridgehead atoms. The van der Waals surface area contributed by atoms with Crippen LogP contribution in [0.4, 0.5) is 0 Å². The number of fused-ring (bicyclic) bond motifs is 13. The van der Waals surface area contributed by atoms with Crippen LogP contribution in [0.1, 0.15) is 38.2 Å². The highest BCUT2D eigenvalue weighted by Gasteiger charge is 2.30. The van der Waals surface area contributed by atoms with Crippen LogP contribution in [-0.2, 0) is 30.3 Å². The topological polar surface area (TPSA) is 175 Å². The predicted molar refractivity (Wildman–Crippen MR) is 134 cm³/mol. The molecule has 0 saturated heterocycles. The van der Waals surface area contributed by atoms with Gasteiger partial charge in [-0.3, -0.25) is 19.4 Å². The summed E-state index contributed by atoms with van der Waals surface area (Å²) in [5, 5.41) is 5.40. The molecule has 2 aliphatic rings. The second kappa shape index (κ2) is 14.5. The number of ketones is 1. The summed E-state index contributed by atoms with van der Waals surface area (Å²) in [6, 6.07) is 5.46. The molecule has 0 unspecified atom stereocenters. The molecule has 1 aromatic rings. The molecule has 0 aromatic heterocycles. The lowest BCUT2D eigenvalue weighted by molar-refractivity contribution is -0.145. The zero-order chi connectivity index (χ0) is 26.5. The average molecular weight is 502 g/mol. The van der Waals surface area contributed by atoms with Crippen molar-refractivity contribution in [2.45, 2.75) is 51.1 Å². The molecule has 11 nitrogen and oxygen atoms in total. The largest absolute Gasteiger partial charge is 0.490 e. The second-order valence-electron chi connectivity index (χ2n) is 8.52. The van der Waals surface area contributed by atoms with Crippen LogP contribution in [0, 0.1) is 5.92 Å². The van der Waals surface area contributed by atoms with Crippen LogP contribution < -0.4 is 26.8 Å². The van der Waals surface area contributed by atoms with Gasteiger partial charge in [0.15, 0.2) is 11.7 Å². The number of benzene rings is 1. The van der Waals surface area contributed by atoms with Gasteiger partial charge in [0.2, 0.25) is 11.8 Å². The lowest BCUT2D eigenvalue weighted by Crippen LogP contribution is -2.46. The molecule has 0 saturated carbocycles. The Hall–Kier alpha value is -3.89. The summed E-state index contributed by atoms with van der Waals surface area (Å²) in [6.07, 6.45) is 4.51. The van der Waals surface area contributed by atoms with E-state index in [2.05, 4.69) is 15.6 Å². The van der Waals surface area contributed by atoms with Crippen molar-refractivity contribution in [3.05, 3.63) is 42.0 Å². The van der Waals surface area contributed by atoms with Gasteiger partial charge < -0.3 is 31.6 Å². The Bertz CT molecular complexity index is 972. The molecular weight excluding hydrogens is 466 g/mol. The van der Waals surface area contributed by atoms with Crippen LogP contribution in [0.15, 0.2) is 41.4 Å². The number of nitrogens with zero attached hydrogens (tertiary/aromatic N) is 1. The molecule has 2 amide bonds. The molecule has 2 heterocycles. The number of nitrogens with one attached hydrogen (secondary N) is 2. The maximum absolute atomic E-state index is 13.3. The highest BCUT2D eigenvalue weighted by molar-refractivity contribution is 5.93. The minimum atomic E-state index is -0.935. The number of methoxy groups -OCH3 is 1. The number of carbonyl (C=O) groups excluding carboxylic acids is 4. The number of ether oxygens (including phenoxy) is 2. The minimum Gasteiger partial charge on any atom is -0.490 e. The average Bonchev–Trinajstić information content (AvgIpc) is 2.84. The van der Waals surface area contributed by atoms with Gasteiger partial charge in [-0.25, -0.2) is 4.79 Å². The summed E-state index contributed by atoms with van der Waals surface area (Å²) in [5.41, 5.74) is 11.6. The Balaban J connectivity index is 2.34. The van der Waals surface area contributed by atoms with E-state index in [1.165, 1.54) is 14.0 Å². The molecule has 196 valence electrons. The molecule has 3 rings (SSSR count). The number of amides is 2. The van der Waals surface area contributed by atoms with Gasteiger partial charge in [-0.1, -0.05) is 24.3 Å². The zero-order valence-corrected chi connectivity index (χ0v) is 20.7. The SMILES string of the molecule is COC(=O)[C@H]1C/C=C\COc2ccc(cc2)C[C@H](NC(C)=O)C(=O)C[C@@H](CCCN=C(N)N)C(=O)N1. The molecule has 6 N–H and O–H groups in total. The number of hydrogen-bond acceptors (Lipinski definition) is 7. The van der Waals surface area contributed by atoms with E-state index in [-0.39, 0.29) is 50.1 Å². The third-order valence-corrected chi connectivity index (χ3v) is 5.64. The number of esters is 1. The number of nitrogens with two attached hydrogens (primary N) is 2. The van der Waals surface area contributed by atoms with Crippen LogP contribution in [0.25, 0.3) is 0 Å².